The highest BCUT2D eigenvalue weighted by molar-refractivity contribution is 5.48. The predicted molar refractivity (Wildman–Crippen MR) is 122 cm³/mol. The lowest BCUT2D eigenvalue weighted by molar-refractivity contribution is 0.201. The van der Waals surface area contributed by atoms with Gasteiger partial charge in [0.05, 0.1) is 18.3 Å². The van der Waals surface area contributed by atoms with Crippen LogP contribution in [-0.4, -0.2) is 51.3 Å². The maximum absolute atomic E-state index is 14.3. The zero-order valence-electron chi connectivity index (χ0n) is 18.4. The molecule has 0 aliphatic carbocycles. The van der Waals surface area contributed by atoms with Crippen LogP contribution in [0.3, 0.4) is 0 Å². The summed E-state index contributed by atoms with van der Waals surface area (Å²) < 4.78 is 43.0. The second-order valence-electron chi connectivity index (χ2n) is 8.25. The number of hydrogen-bond donors (Lipinski definition) is 0. The standard InChI is InChI=1S/C25H23F3N6/c26-20-9-5-18(6-10-20)17-34-25(29-30-31-34)24(19-7-11-21(27)12-8-19)33-15-13-32(14-16-33)23-4-2-1-3-22(23)28/h1-12,24H,13-17H2/t24-/m1/s1. The molecule has 1 saturated heterocycles. The fourth-order valence-electron chi connectivity index (χ4n) is 4.38. The van der Waals surface area contributed by atoms with E-state index in [1.54, 1.807) is 41.1 Å². The van der Waals surface area contributed by atoms with Crippen LogP contribution in [0, 0.1) is 17.5 Å². The van der Waals surface area contributed by atoms with E-state index >= 15 is 0 Å². The summed E-state index contributed by atoms with van der Waals surface area (Å²) in [7, 11) is 0. The van der Waals surface area contributed by atoms with Crippen molar-refractivity contribution in [3.63, 3.8) is 0 Å². The first-order valence-corrected chi connectivity index (χ1v) is 11.1. The Morgan fingerprint density at radius 3 is 2.09 bits per heavy atom. The van der Waals surface area contributed by atoms with Gasteiger partial charge in [-0.3, -0.25) is 4.90 Å². The normalized spacial score (nSPS) is 15.4. The molecule has 34 heavy (non-hydrogen) atoms. The Labute approximate surface area is 195 Å². The van der Waals surface area contributed by atoms with E-state index in [0.29, 0.717) is 44.2 Å². The van der Waals surface area contributed by atoms with Crippen LogP contribution in [0.5, 0.6) is 0 Å². The molecule has 1 aliphatic heterocycles. The van der Waals surface area contributed by atoms with Gasteiger partial charge in [-0.25, -0.2) is 17.9 Å². The quantitative estimate of drug-likeness (QED) is 0.431. The first kappa shape index (κ1) is 22.1. The van der Waals surface area contributed by atoms with Crippen molar-refractivity contribution in [1.29, 1.82) is 0 Å². The smallest absolute Gasteiger partial charge is 0.173 e. The maximum atomic E-state index is 14.3. The van der Waals surface area contributed by atoms with Gasteiger partial charge in [-0.15, -0.1) is 5.10 Å². The van der Waals surface area contributed by atoms with Crippen molar-refractivity contribution in [2.75, 3.05) is 31.1 Å². The van der Waals surface area contributed by atoms with E-state index in [0.717, 1.165) is 11.1 Å². The molecule has 5 rings (SSSR count). The molecular weight excluding hydrogens is 441 g/mol. The summed E-state index contributed by atoms with van der Waals surface area (Å²) in [5, 5.41) is 12.4. The average Bonchev–Trinajstić information content (AvgIpc) is 3.30. The molecule has 2 heterocycles. The number of para-hydroxylation sites is 1. The first-order valence-electron chi connectivity index (χ1n) is 11.1. The Morgan fingerprint density at radius 2 is 1.41 bits per heavy atom. The zero-order valence-corrected chi connectivity index (χ0v) is 18.4. The van der Waals surface area contributed by atoms with E-state index in [1.807, 2.05) is 11.0 Å². The van der Waals surface area contributed by atoms with Gasteiger partial charge in [0.25, 0.3) is 0 Å². The molecule has 1 aromatic heterocycles. The van der Waals surface area contributed by atoms with Gasteiger partial charge in [-0.05, 0) is 58.0 Å². The summed E-state index contributed by atoms with van der Waals surface area (Å²) in [6.45, 7) is 2.89. The summed E-state index contributed by atoms with van der Waals surface area (Å²) in [5.41, 5.74) is 2.30. The van der Waals surface area contributed by atoms with Crippen molar-refractivity contribution in [3.05, 3.63) is 107 Å². The van der Waals surface area contributed by atoms with Gasteiger partial charge in [-0.2, -0.15) is 0 Å². The van der Waals surface area contributed by atoms with Crippen molar-refractivity contribution >= 4 is 5.69 Å². The highest BCUT2D eigenvalue weighted by atomic mass is 19.1. The third kappa shape index (κ3) is 4.65. The van der Waals surface area contributed by atoms with Gasteiger partial charge in [0.1, 0.15) is 17.5 Å². The SMILES string of the molecule is Fc1ccc(Cn2nnnc2[C@@H](c2ccc(F)cc2)N2CCN(c3ccccc3F)CC2)cc1. The van der Waals surface area contributed by atoms with Crippen LogP contribution >= 0.6 is 0 Å². The number of nitrogens with zero attached hydrogens (tertiary/aromatic N) is 6. The highest BCUT2D eigenvalue weighted by Gasteiger charge is 2.31. The molecule has 0 saturated carbocycles. The van der Waals surface area contributed by atoms with Crippen molar-refractivity contribution in [1.82, 2.24) is 25.1 Å². The number of hydrogen-bond acceptors (Lipinski definition) is 5. The van der Waals surface area contributed by atoms with Crippen LogP contribution in [-0.2, 0) is 6.54 Å². The molecule has 1 atom stereocenters. The Hall–Kier alpha value is -3.72. The predicted octanol–water partition coefficient (Wildman–Crippen LogP) is 4.05. The van der Waals surface area contributed by atoms with Crippen molar-refractivity contribution < 1.29 is 13.2 Å². The maximum Gasteiger partial charge on any atom is 0.173 e. The number of aromatic nitrogens is 4. The Kier molecular flexibility index (Phi) is 6.27. The van der Waals surface area contributed by atoms with Crippen molar-refractivity contribution in [2.24, 2.45) is 0 Å². The Bertz CT molecular complexity index is 1230. The van der Waals surface area contributed by atoms with Crippen LogP contribution in [0.25, 0.3) is 0 Å². The molecule has 0 N–H and O–H groups in total. The van der Waals surface area contributed by atoms with Crippen molar-refractivity contribution in [2.45, 2.75) is 12.6 Å². The summed E-state index contributed by atoms with van der Waals surface area (Å²) in [6.07, 6.45) is 0. The van der Waals surface area contributed by atoms with Crippen LogP contribution in [0.2, 0.25) is 0 Å². The van der Waals surface area contributed by atoms with Gasteiger partial charge < -0.3 is 4.90 Å². The Balaban J connectivity index is 1.43. The third-order valence-electron chi connectivity index (χ3n) is 6.11. The van der Waals surface area contributed by atoms with Gasteiger partial charge >= 0.3 is 0 Å². The molecule has 1 aliphatic rings. The minimum Gasteiger partial charge on any atom is -0.367 e. The fraction of sp³-hybridized carbons (Fsp3) is 0.240. The Morgan fingerprint density at radius 1 is 0.765 bits per heavy atom. The topological polar surface area (TPSA) is 50.1 Å². The van der Waals surface area contributed by atoms with Gasteiger partial charge in [0.2, 0.25) is 0 Å². The lowest BCUT2D eigenvalue weighted by atomic mass is 10.0. The van der Waals surface area contributed by atoms with E-state index in [-0.39, 0.29) is 23.5 Å². The molecule has 0 amide bonds. The van der Waals surface area contributed by atoms with E-state index in [4.69, 9.17) is 0 Å². The molecule has 0 bridgehead atoms. The number of piperazine rings is 1. The molecule has 1 fully saturated rings. The third-order valence-corrected chi connectivity index (χ3v) is 6.11. The van der Waals surface area contributed by atoms with E-state index < -0.39 is 0 Å². The molecule has 0 spiro atoms. The minimum absolute atomic E-state index is 0.241. The molecule has 3 aromatic carbocycles. The minimum atomic E-state index is -0.322. The molecule has 9 heteroatoms. The number of tetrazole rings is 1. The zero-order chi connectivity index (χ0) is 23.5. The molecule has 0 unspecified atom stereocenters. The number of benzene rings is 3. The number of halogens is 3. The fourth-order valence-corrected chi connectivity index (χ4v) is 4.38. The van der Waals surface area contributed by atoms with Crippen LogP contribution in [0.1, 0.15) is 23.0 Å². The molecule has 0 radical (unpaired) electrons. The summed E-state index contributed by atoms with van der Waals surface area (Å²) in [4.78, 5) is 4.24. The number of anilines is 1. The monoisotopic (exact) mass is 464 g/mol. The second kappa shape index (κ2) is 9.64. The second-order valence-corrected chi connectivity index (χ2v) is 8.25. The van der Waals surface area contributed by atoms with Crippen LogP contribution in [0.4, 0.5) is 18.9 Å². The van der Waals surface area contributed by atoms with E-state index in [1.165, 1.54) is 30.3 Å². The van der Waals surface area contributed by atoms with Gasteiger partial charge in [0, 0.05) is 26.2 Å². The lowest BCUT2D eigenvalue weighted by Gasteiger charge is -2.40. The van der Waals surface area contributed by atoms with Crippen LogP contribution in [0.15, 0.2) is 72.8 Å². The first-order chi connectivity index (χ1) is 16.6. The van der Waals surface area contributed by atoms with Crippen LogP contribution < -0.4 is 4.90 Å². The summed E-state index contributed by atoms with van der Waals surface area (Å²) >= 11 is 0. The highest BCUT2D eigenvalue weighted by Crippen LogP contribution is 2.30. The summed E-state index contributed by atoms with van der Waals surface area (Å²) in [6, 6.07) is 18.9. The molecular formula is C25H23F3N6. The summed E-state index contributed by atoms with van der Waals surface area (Å²) in [5.74, 6) is -0.264. The number of rotatable bonds is 6. The molecule has 4 aromatic rings. The van der Waals surface area contributed by atoms with Gasteiger partial charge in [0.15, 0.2) is 5.82 Å². The molecule has 6 nitrogen and oxygen atoms in total. The van der Waals surface area contributed by atoms with E-state index in [2.05, 4.69) is 20.4 Å². The molecule has 174 valence electrons. The lowest BCUT2D eigenvalue weighted by Crippen LogP contribution is -2.48. The van der Waals surface area contributed by atoms with Gasteiger partial charge in [-0.1, -0.05) is 36.4 Å². The van der Waals surface area contributed by atoms with Crippen molar-refractivity contribution in [3.8, 4) is 0 Å². The average molecular weight is 464 g/mol. The van der Waals surface area contributed by atoms with E-state index in [9.17, 15) is 13.2 Å². The largest absolute Gasteiger partial charge is 0.367 e.